The van der Waals surface area contributed by atoms with Crippen molar-refractivity contribution in [3.8, 4) is 0 Å². The van der Waals surface area contributed by atoms with Gasteiger partial charge in [0.25, 0.3) is 5.91 Å². The maximum absolute atomic E-state index is 13.2. The van der Waals surface area contributed by atoms with E-state index < -0.39 is 24.2 Å². The molecule has 2 atom stereocenters. The second kappa shape index (κ2) is 5.81. The number of carbonyl (C=O) groups excluding carboxylic acids is 1. The Hall–Kier alpha value is -1.57. The number of nitrogens with two attached hydrogens (primary N) is 1. The molecule has 2 N–H and O–H groups in total. The lowest BCUT2D eigenvalue weighted by atomic mass is 9.98. The summed E-state index contributed by atoms with van der Waals surface area (Å²) in [6, 6.07) is -0.709. The van der Waals surface area contributed by atoms with Gasteiger partial charge >= 0.3 is 6.18 Å². The first-order valence-electron chi connectivity index (χ1n) is 7.61. The number of carbonyl (C=O) groups is 1. The number of halogens is 3. The van der Waals surface area contributed by atoms with Gasteiger partial charge in [0.05, 0.1) is 5.54 Å². The van der Waals surface area contributed by atoms with Crippen LogP contribution in [0.5, 0.6) is 0 Å². The average molecular weight is 332 g/mol. The molecule has 2 rings (SSSR count). The van der Waals surface area contributed by atoms with Crippen LogP contribution in [0.3, 0.4) is 0 Å². The molecule has 1 amide bonds. The molecule has 8 heteroatoms. The normalized spacial score (nSPS) is 23.2. The Morgan fingerprint density at radius 1 is 1.30 bits per heavy atom. The second-order valence-electron chi connectivity index (χ2n) is 7.11. The summed E-state index contributed by atoms with van der Waals surface area (Å²) in [4.78, 5) is 13.4. The van der Waals surface area contributed by atoms with Crippen LogP contribution >= 0.6 is 0 Å². The molecule has 0 spiro atoms. The van der Waals surface area contributed by atoms with E-state index in [0.717, 1.165) is 10.6 Å². The number of nitrogens with zero attached hydrogens (tertiary/aromatic N) is 3. The van der Waals surface area contributed by atoms with Crippen molar-refractivity contribution in [3.05, 3.63) is 17.5 Å². The summed E-state index contributed by atoms with van der Waals surface area (Å²) in [5.74, 6) is -0.714. The molecular formula is C15H23F3N4O. The maximum atomic E-state index is 13.2. The first kappa shape index (κ1) is 17.8. The smallest absolute Gasteiger partial charge is 0.326 e. The number of aromatic nitrogens is 2. The molecule has 0 aromatic carbocycles. The number of hydrogen-bond donors (Lipinski definition) is 1. The lowest BCUT2D eigenvalue weighted by molar-refractivity contribution is -0.184. The number of piperidine rings is 1. The Labute approximate surface area is 133 Å². The Morgan fingerprint density at radius 3 is 2.39 bits per heavy atom. The minimum Gasteiger partial charge on any atom is -0.326 e. The van der Waals surface area contributed by atoms with Gasteiger partial charge in [0.15, 0.2) is 5.69 Å². The molecule has 1 fully saturated rings. The number of likely N-dealkylation sites (tertiary alicyclic amines) is 1. The van der Waals surface area contributed by atoms with E-state index in [2.05, 4.69) is 5.10 Å². The molecule has 1 aliphatic rings. The first-order chi connectivity index (χ1) is 10.4. The van der Waals surface area contributed by atoms with Crippen LogP contribution < -0.4 is 5.73 Å². The summed E-state index contributed by atoms with van der Waals surface area (Å²) in [5, 5.41) is 4.22. The van der Waals surface area contributed by atoms with Crippen LogP contribution in [0.25, 0.3) is 0 Å². The molecule has 1 saturated heterocycles. The fraction of sp³-hybridized carbons (Fsp3) is 0.733. The van der Waals surface area contributed by atoms with Crippen LogP contribution in [0.15, 0.2) is 6.07 Å². The van der Waals surface area contributed by atoms with Gasteiger partial charge in [-0.1, -0.05) is 0 Å². The fourth-order valence-corrected chi connectivity index (χ4v) is 2.97. The highest BCUT2D eigenvalue weighted by Crippen LogP contribution is 2.32. The largest absolute Gasteiger partial charge is 0.408 e. The van der Waals surface area contributed by atoms with Crippen molar-refractivity contribution in [1.29, 1.82) is 0 Å². The van der Waals surface area contributed by atoms with Crippen LogP contribution in [0.1, 0.15) is 49.8 Å². The highest BCUT2D eigenvalue weighted by molar-refractivity contribution is 5.92. The lowest BCUT2D eigenvalue weighted by Gasteiger charge is -2.38. The van der Waals surface area contributed by atoms with Crippen LogP contribution in [0, 0.1) is 6.92 Å². The van der Waals surface area contributed by atoms with Crippen molar-refractivity contribution in [2.45, 2.75) is 64.3 Å². The molecule has 130 valence electrons. The van der Waals surface area contributed by atoms with E-state index in [-0.39, 0.29) is 30.6 Å². The van der Waals surface area contributed by atoms with E-state index in [0.29, 0.717) is 0 Å². The van der Waals surface area contributed by atoms with Crippen LogP contribution in [-0.4, -0.2) is 45.4 Å². The fourth-order valence-electron chi connectivity index (χ4n) is 2.97. The van der Waals surface area contributed by atoms with Crippen LogP contribution in [0.4, 0.5) is 13.2 Å². The summed E-state index contributed by atoms with van der Waals surface area (Å²) in [7, 11) is 0. The summed E-state index contributed by atoms with van der Waals surface area (Å²) in [5.41, 5.74) is 6.16. The molecule has 1 aliphatic heterocycles. The SMILES string of the molecule is Cc1cc(C(=O)N2CC(N)CCC2C(F)(F)F)nn1C(C)(C)C. The Morgan fingerprint density at radius 2 is 1.91 bits per heavy atom. The number of aryl methyl sites for hydroxylation is 1. The van der Waals surface area contributed by atoms with Crippen molar-refractivity contribution in [2.24, 2.45) is 5.73 Å². The van der Waals surface area contributed by atoms with Gasteiger partial charge in [-0.05, 0) is 46.6 Å². The van der Waals surface area contributed by atoms with Crippen molar-refractivity contribution in [2.75, 3.05) is 6.54 Å². The molecule has 1 aromatic heterocycles. The lowest BCUT2D eigenvalue weighted by Crippen LogP contribution is -2.56. The van der Waals surface area contributed by atoms with Crippen LogP contribution in [0.2, 0.25) is 0 Å². The summed E-state index contributed by atoms with van der Waals surface area (Å²) in [6.07, 6.45) is -4.38. The summed E-state index contributed by atoms with van der Waals surface area (Å²) >= 11 is 0. The van der Waals surface area contributed by atoms with E-state index in [4.69, 9.17) is 5.73 Å². The molecule has 0 bridgehead atoms. The highest BCUT2D eigenvalue weighted by atomic mass is 19.4. The molecule has 23 heavy (non-hydrogen) atoms. The van der Waals surface area contributed by atoms with E-state index in [1.54, 1.807) is 11.6 Å². The monoisotopic (exact) mass is 332 g/mol. The van der Waals surface area contributed by atoms with Gasteiger partial charge < -0.3 is 10.6 Å². The van der Waals surface area contributed by atoms with Gasteiger partial charge in [0.1, 0.15) is 6.04 Å². The third kappa shape index (κ3) is 3.68. The predicted octanol–water partition coefficient (Wildman–Crippen LogP) is 2.44. The zero-order valence-electron chi connectivity index (χ0n) is 13.8. The van der Waals surface area contributed by atoms with Crippen molar-refractivity contribution in [3.63, 3.8) is 0 Å². The zero-order valence-corrected chi connectivity index (χ0v) is 13.8. The third-order valence-electron chi connectivity index (χ3n) is 4.00. The van der Waals surface area contributed by atoms with E-state index >= 15 is 0 Å². The van der Waals surface area contributed by atoms with E-state index in [9.17, 15) is 18.0 Å². The Balaban J connectivity index is 2.34. The predicted molar refractivity (Wildman–Crippen MR) is 80.0 cm³/mol. The molecular weight excluding hydrogens is 309 g/mol. The molecule has 2 heterocycles. The maximum Gasteiger partial charge on any atom is 0.408 e. The third-order valence-corrected chi connectivity index (χ3v) is 4.00. The molecule has 5 nitrogen and oxygen atoms in total. The molecule has 1 aromatic rings. The standard InChI is InChI=1S/C15H23F3N4O/c1-9-7-11(20-22(9)14(2,3)4)13(23)21-8-10(19)5-6-12(21)15(16,17)18/h7,10,12H,5-6,8,19H2,1-4H3. The van der Waals surface area contributed by atoms with Gasteiger partial charge in [-0.2, -0.15) is 18.3 Å². The number of hydrogen-bond acceptors (Lipinski definition) is 3. The van der Waals surface area contributed by atoms with Crippen molar-refractivity contribution in [1.82, 2.24) is 14.7 Å². The Kier molecular flexibility index (Phi) is 4.49. The first-order valence-corrected chi connectivity index (χ1v) is 7.61. The number of alkyl halides is 3. The quantitative estimate of drug-likeness (QED) is 0.859. The second-order valence-corrected chi connectivity index (χ2v) is 7.11. The minimum atomic E-state index is -4.46. The summed E-state index contributed by atoms with van der Waals surface area (Å²) < 4.78 is 41.3. The van der Waals surface area contributed by atoms with Crippen molar-refractivity contribution < 1.29 is 18.0 Å². The minimum absolute atomic E-state index is 0.0285. The molecule has 2 unspecified atom stereocenters. The van der Waals surface area contributed by atoms with E-state index in [1.165, 1.54) is 6.07 Å². The molecule has 0 radical (unpaired) electrons. The number of rotatable bonds is 1. The zero-order chi connectivity index (χ0) is 17.6. The van der Waals surface area contributed by atoms with Crippen molar-refractivity contribution >= 4 is 5.91 Å². The topological polar surface area (TPSA) is 64.2 Å². The number of amides is 1. The van der Waals surface area contributed by atoms with Gasteiger partial charge in [-0.3, -0.25) is 9.48 Å². The van der Waals surface area contributed by atoms with Gasteiger partial charge in [-0.15, -0.1) is 0 Å². The Bertz CT molecular complexity index is 589. The van der Waals surface area contributed by atoms with Gasteiger partial charge in [0.2, 0.25) is 0 Å². The highest BCUT2D eigenvalue weighted by Gasteiger charge is 2.48. The van der Waals surface area contributed by atoms with E-state index in [1.807, 2.05) is 20.8 Å². The van der Waals surface area contributed by atoms with Gasteiger partial charge in [-0.25, -0.2) is 0 Å². The summed E-state index contributed by atoms with van der Waals surface area (Å²) in [6.45, 7) is 7.41. The van der Waals surface area contributed by atoms with Crippen LogP contribution in [-0.2, 0) is 5.54 Å². The molecule has 0 aliphatic carbocycles. The van der Waals surface area contributed by atoms with Gasteiger partial charge in [0, 0.05) is 18.3 Å². The average Bonchev–Trinajstić information content (AvgIpc) is 2.78. The molecule has 0 saturated carbocycles.